The van der Waals surface area contributed by atoms with Gasteiger partial charge in [-0.25, -0.2) is 9.78 Å². The summed E-state index contributed by atoms with van der Waals surface area (Å²) in [5, 5.41) is 0. The highest BCUT2D eigenvalue weighted by atomic mass is 16.6. The summed E-state index contributed by atoms with van der Waals surface area (Å²) in [7, 11) is 1.80. The number of nitrogens with zero attached hydrogens (tertiary/aromatic N) is 3. The summed E-state index contributed by atoms with van der Waals surface area (Å²) in [4.78, 5) is 29.8. The highest BCUT2D eigenvalue weighted by Gasteiger charge is 2.27. The van der Waals surface area contributed by atoms with Gasteiger partial charge in [0.1, 0.15) is 5.60 Å². The van der Waals surface area contributed by atoms with Gasteiger partial charge in [0.15, 0.2) is 5.65 Å². The normalized spacial score (nSPS) is 20.5. The van der Waals surface area contributed by atoms with Crippen LogP contribution in [0.25, 0.3) is 11.2 Å². The number of fused-ring (bicyclic) bond motifs is 1. The van der Waals surface area contributed by atoms with E-state index in [2.05, 4.69) is 32.9 Å². The molecule has 0 atom stereocenters. The Hall–Kier alpha value is -2.11. The summed E-state index contributed by atoms with van der Waals surface area (Å²) < 4.78 is 8.98. The molecule has 0 amide bonds. The van der Waals surface area contributed by atoms with E-state index in [1.165, 1.54) is 0 Å². The third kappa shape index (κ3) is 5.32. The molecule has 6 nitrogen and oxygen atoms in total. The lowest BCUT2D eigenvalue weighted by molar-refractivity contribution is -0.156. The number of pyridine rings is 1. The Balaban J connectivity index is 1.71. The molecular formula is C24H37N3O3. The molecule has 0 radical (unpaired) electrons. The molecule has 3 rings (SSSR count). The monoisotopic (exact) mass is 415 g/mol. The van der Waals surface area contributed by atoms with Gasteiger partial charge in [-0.05, 0) is 69.9 Å². The van der Waals surface area contributed by atoms with Crippen molar-refractivity contribution in [3.05, 3.63) is 28.3 Å². The van der Waals surface area contributed by atoms with Crippen molar-refractivity contribution in [3.63, 3.8) is 0 Å². The van der Waals surface area contributed by atoms with Crippen LogP contribution in [0.4, 0.5) is 0 Å². The van der Waals surface area contributed by atoms with Crippen molar-refractivity contribution in [3.8, 4) is 0 Å². The quantitative estimate of drug-likeness (QED) is 0.674. The summed E-state index contributed by atoms with van der Waals surface area (Å²) in [5.74, 6) is 0.670. The highest BCUT2D eigenvalue weighted by Crippen LogP contribution is 2.37. The first-order valence-corrected chi connectivity index (χ1v) is 11.1. The van der Waals surface area contributed by atoms with E-state index >= 15 is 0 Å². The molecule has 0 aromatic carbocycles. The third-order valence-corrected chi connectivity index (χ3v) is 5.78. The maximum Gasteiger partial charge on any atom is 0.330 e. The standard InChI is InChI=1S/C24H37N3O3/c1-23(2,3)15-27-19-13-12-18(25-21(19)26(7)22(27)29)17-10-8-16(9-11-17)14-20(28)30-24(4,5)6/h12-13,16-17H,8-11,14-15H2,1-7H3. The molecule has 0 N–H and O–H groups in total. The molecule has 1 fully saturated rings. The molecule has 2 aromatic rings. The summed E-state index contributed by atoms with van der Waals surface area (Å²) in [6.45, 7) is 12.8. The van der Waals surface area contributed by atoms with E-state index in [1.807, 2.05) is 25.3 Å². The van der Waals surface area contributed by atoms with Gasteiger partial charge in [-0.1, -0.05) is 20.8 Å². The zero-order valence-corrected chi connectivity index (χ0v) is 19.6. The van der Waals surface area contributed by atoms with E-state index in [9.17, 15) is 9.59 Å². The molecule has 1 aliphatic rings. The minimum atomic E-state index is -0.424. The molecule has 0 spiro atoms. The predicted octanol–water partition coefficient (Wildman–Crippen LogP) is 4.79. The van der Waals surface area contributed by atoms with Crippen molar-refractivity contribution in [2.75, 3.05) is 0 Å². The summed E-state index contributed by atoms with van der Waals surface area (Å²) in [6, 6.07) is 4.14. The molecule has 30 heavy (non-hydrogen) atoms. The van der Waals surface area contributed by atoms with Gasteiger partial charge < -0.3 is 4.74 Å². The fourth-order valence-electron chi connectivity index (χ4n) is 4.42. The fraction of sp³-hybridized carbons (Fsp3) is 0.708. The Morgan fingerprint density at radius 2 is 1.73 bits per heavy atom. The number of imidazole rings is 1. The number of carbonyl (C=O) groups is 1. The molecule has 0 saturated heterocycles. The second kappa shape index (κ2) is 8.20. The third-order valence-electron chi connectivity index (χ3n) is 5.78. The van der Waals surface area contributed by atoms with Gasteiger partial charge >= 0.3 is 11.7 Å². The lowest BCUT2D eigenvalue weighted by Gasteiger charge is -2.28. The molecule has 0 unspecified atom stereocenters. The van der Waals surface area contributed by atoms with E-state index in [4.69, 9.17) is 9.72 Å². The Morgan fingerprint density at radius 1 is 1.10 bits per heavy atom. The number of aryl methyl sites for hydroxylation is 1. The SMILES string of the molecule is Cn1c(=O)n(CC(C)(C)C)c2ccc(C3CCC(CC(=O)OC(C)(C)C)CC3)nc21. The molecule has 0 aliphatic heterocycles. The first-order valence-electron chi connectivity index (χ1n) is 11.1. The average Bonchev–Trinajstić information content (AvgIpc) is 2.84. The van der Waals surface area contributed by atoms with Crippen molar-refractivity contribution in [1.82, 2.24) is 14.1 Å². The smallest absolute Gasteiger partial charge is 0.330 e. The van der Waals surface area contributed by atoms with Crippen LogP contribution in [0.2, 0.25) is 0 Å². The number of ether oxygens (including phenoxy) is 1. The van der Waals surface area contributed by atoms with E-state index in [0.29, 0.717) is 24.8 Å². The Morgan fingerprint density at radius 3 is 2.30 bits per heavy atom. The lowest BCUT2D eigenvalue weighted by atomic mass is 9.79. The van der Waals surface area contributed by atoms with Crippen LogP contribution in [0.5, 0.6) is 0 Å². The van der Waals surface area contributed by atoms with Crippen molar-refractivity contribution >= 4 is 17.1 Å². The van der Waals surface area contributed by atoms with Gasteiger partial charge in [-0.15, -0.1) is 0 Å². The van der Waals surface area contributed by atoms with Crippen molar-refractivity contribution < 1.29 is 9.53 Å². The van der Waals surface area contributed by atoms with Crippen molar-refractivity contribution in [2.45, 2.75) is 91.7 Å². The van der Waals surface area contributed by atoms with E-state index in [-0.39, 0.29) is 17.1 Å². The molecule has 1 aliphatic carbocycles. The van der Waals surface area contributed by atoms with Crippen LogP contribution >= 0.6 is 0 Å². The Kier molecular flexibility index (Phi) is 6.17. The molecule has 1 saturated carbocycles. The minimum Gasteiger partial charge on any atom is -0.460 e. The van der Waals surface area contributed by atoms with Crippen LogP contribution in [-0.4, -0.2) is 25.7 Å². The first-order chi connectivity index (χ1) is 13.8. The van der Waals surface area contributed by atoms with Gasteiger partial charge in [0, 0.05) is 31.6 Å². The summed E-state index contributed by atoms with van der Waals surface area (Å²) >= 11 is 0. The minimum absolute atomic E-state index is 0.00866. The average molecular weight is 416 g/mol. The van der Waals surface area contributed by atoms with Gasteiger partial charge in [-0.3, -0.25) is 13.9 Å². The fourth-order valence-corrected chi connectivity index (χ4v) is 4.42. The summed E-state index contributed by atoms with van der Waals surface area (Å²) in [6.07, 6.45) is 4.55. The molecular weight excluding hydrogens is 378 g/mol. The largest absolute Gasteiger partial charge is 0.460 e. The van der Waals surface area contributed by atoms with Crippen LogP contribution in [0.1, 0.15) is 85.3 Å². The van der Waals surface area contributed by atoms with Gasteiger partial charge in [0.05, 0.1) is 5.52 Å². The molecule has 2 heterocycles. The van der Waals surface area contributed by atoms with E-state index in [1.54, 1.807) is 11.6 Å². The zero-order valence-electron chi connectivity index (χ0n) is 19.6. The molecule has 2 aromatic heterocycles. The highest BCUT2D eigenvalue weighted by molar-refractivity contribution is 5.72. The Bertz CT molecular complexity index is 964. The number of esters is 1. The van der Waals surface area contributed by atoms with Crippen LogP contribution in [0.15, 0.2) is 16.9 Å². The molecule has 6 heteroatoms. The first kappa shape index (κ1) is 22.6. The molecule has 166 valence electrons. The van der Waals surface area contributed by atoms with Gasteiger partial charge in [0.25, 0.3) is 0 Å². The number of hydrogen-bond acceptors (Lipinski definition) is 4. The maximum absolute atomic E-state index is 12.7. The second-order valence-corrected chi connectivity index (χ2v) is 11.1. The zero-order chi connectivity index (χ0) is 22.3. The number of rotatable bonds is 4. The summed E-state index contributed by atoms with van der Waals surface area (Å²) in [5.41, 5.74) is 2.31. The lowest BCUT2D eigenvalue weighted by Crippen LogP contribution is -2.27. The van der Waals surface area contributed by atoms with Crippen molar-refractivity contribution in [1.29, 1.82) is 0 Å². The second-order valence-electron chi connectivity index (χ2n) is 11.1. The Labute approximate surface area is 179 Å². The van der Waals surface area contributed by atoms with E-state index in [0.717, 1.165) is 42.5 Å². The van der Waals surface area contributed by atoms with Gasteiger partial charge in [-0.2, -0.15) is 0 Å². The van der Waals surface area contributed by atoms with E-state index < -0.39 is 5.60 Å². The van der Waals surface area contributed by atoms with Crippen LogP contribution < -0.4 is 5.69 Å². The molecule has 0 bridgehead atoms. The number of carbonyl (C=O) groups excluding carboxylic acids is 1. The van der Waals surface area contributed by atoms with Crippen molar-refractivity contribution in [2.24, 2.45) is 18.4 Å². The van der Waals surface area contributed by atoms with Crippen LogP contribution in [0.3, 0.4) is 0 Å². The number of hydrogen-bond donors (Lipinski definition) is 0. The predicted molar refractivity (Wildman–Crippen MR) is 120 cm³/mol. The van der Waals surface area contributed by atoms with Crippen LogP contribution in [-0.2, 0) is 23.1 Å². The topological polar surface area (TPSA) is 66.1 Å². The number of aromatic nitrogens is 3. The van der Waals surface area contributed by atoms with Crippen LogP contribution in [0, 0.1) is 11.3 Å². The maximum atomic E-state index is 12.7. The van der Waals surface area contributed by atoms with Gasteiger partial charge in [0.2, 0.25) is 0 Å².